The van der Waals surface area contributed by atoms with Crippen molar-refractivity contribution < 1.29 is 4.74 Å². The van der Waals surface area contributed by atoms with E-state index in [1.807, 2.05) is 0 Å². The average molecular weight is 297 g/mol. The van der Waals surface area contributed by atoms with Crippen LogP contribution in [-0.2, 0) is 6.54 Å². The molecule has 2 nitrogen and oxygen atoms in total. The molecule has 0 amide bonds. The van der Waals surface area contributed by atoms with Crippen molar-refractivity contribution in [3.63, 3.8) is 0 Å². The third-order valence-corrected chi connectivity index (χ3v) is 3.84. The van der Waals surface area contributed by atoms with Crippen molar-refractivity contribution in [2.45, 2.75) is 40.7 Å². The van der Waals surface area contributed by atoms with Gasteiger partial charge in [0.05, 0.1) is 6.61 Å². The highest BCUT2D eigenvalue weighted by Crippen LogP contribution is 2.21. The van der Waals surface area contributed by atoms with Gasteiger partial charge in [-0.25, -0.2) is 0 Å². The molecule has 0 radical (unpaired) electrons. The minimum Gasteiger partial charge on any atom is -0.494 e. The number of aryl methyl sites for hydroxylation is 2. The van der Waals surface area contributed by atoms with E-state index in [2.05, 4.69) is 75.5 Å². The zero-order chi connectivity index (χ0) is 15.9. The molecule has 22 heavy (non-hydrogen) atoms. The van der Waals surface area contributed by atoms with E-state index >= 15 is 0 Å². The highest BCUT2D eigenvalue weighted by atomic mass is 16.5. The Morgan fingerprint density at radius 2 is 1.59 bits per heavy atom. The van der Waals surface area contributed by atoms with Crippen LogP contribution in [0.5, 0.6) is 5.75 Å². The molecule has 0 bridgehead atoms. The molecule has 0 aliphatic carbocycles. The van der Waals surface area contributed by atoms with Gasteiger partial charge < -0.3 is 10.1 Å². The maximum Gasteiger partial charge on any atom is 0.119 e. The van der Waals surface area contributed by atoms with Crippen molar-refractivity contribution in [3.8, 4) is 5.75 Å². The average Bonchev–Trinajstić information content (AvgIpc) is 2.48. The van der Waals surface area contributed by atoms with Gasteiger partial charge in [-0.2, -0.15) is 0 Å². The molecule has 2 heteroatoms. The number of para-hydroxylation sites is 1. The standard InChI is InChI=1S/C20H27NO/c1-15(2)12-13-22-19-10-8-18(9-11-19)14-21-20-16(3)6-5-7-17(20)4/h5-11,15,21H,12-14H2,1-4H3. The first kappa shape index (κ1) is 16.4. The van der Waals surface area contributed by atoms with Crippen molar-refractivity contribution in [2.75, 3.05) is 11.9 Å². The van der Waals surface area contributed by atoms with Crippen LogP contribution in [0.1, 0.15) is 37.0 Å². The SMILES string of the molecule is Cc1cccc(C)c1NCc1ccc(OCCC(C)C)cc1. The predicted molar refractivity (Wildman–Crippen MR) is 94.6 cm³/mol. The Balaban J connectivity index is 1.89. The third kappa shape index (κ3) is 4.80. The van der Waals surface area contributed by atoms with Crippen molar-refractivity contribution in [1.82, 2.24) is 0 Å². The summed E-state index contributed by atoms with van der Waals surface area (Å²) in [6.45, 7) is 10.3. The van der Waals surface area contributed by atoms with E-state index in [1.165, 1.54) is 22.4 Å². The summed E-state index contributed by atoms with van der Waals surface area (Å²) < 4.78 is 5.75. The molecule has 0 heterocycles. The molecule has 0 fully saturated rings. The van der Waals surface area contributed by atoms with Crippen LogP contribution >= 0.6 is 0 Å². The molecule has 0 saturated carbocycles. The smallest absolute Gasteiger partial charge is 0.119 e. The van der Waals surface area contributed by atoms with Crippen LogP contribution in [0.15, 0.2) is 42.5 Å². The van der Waals surface area contributed by atoms with Gasteiger partial charge in [-0.15, -0.1) is 0 Å². The molecule has 0 aliphatic heterocycles. The van der Waals surface area contributed by atoms with E-state index in [-0.39, 0.29) is 0 Å². The van der Waals surface area contributed by atoms with E-state index in [0.717, 1.165) is 25.3 Å². The van der Waals surface area contributed by atoms with Gasteiger partial charge in [0.1, 0.15) is 5.75 Å². The molecular weight excluding hydrogens is 270 g/mol. The Kier molecular flexibility index (Phi) is 5.88. The van der Waals surface area contributed by atoms with Crippen LogP contribution in [0, 0.1) is 19.8 Å². The number of hydrogen-bond donors (Lipinski definition) is 1. The molecule has 0 aromatic heterocycles. The first-order valence-electron chi connectivity index (χ1n) is 8.08. The number of hydrogen-bond acceptors (Lipinski definition) is 2. The quantitative estimate of drug-likeness (QED) is 0.744. The summed E-state index contributed by atoms with van der Waals surface area (Å²) >= 11 is 0. The lowest BCUT2D eigenvalue weighted by Gasteiger charge is -2.13. The molecule has 0 saturated heterocycles. The summed E-state index contributed by atoms with van der Waals surface area (Å²) in [6, 6.07) is 14.8. The highest BCUT2D eigenvalue weighted by Gasteiger charge is 2.02. The number of ether oxygens (including phenoxy) is 1. The van der Waals surface area contributed by atoms with Crippen LogP contribution in [0.4, 0.5) is 5.69 Å². The molecular formula is C20H27NO. The molecule has 0 atom stereocenters. The van der Waals surface area contributed by atoms with Gasteiger partial charge in [0.15, 0.2) is 0 Å². The van der Waals surface area contributed by atoms with Gasteiger partial charge in [0, 0.05) is 12.2 Å². The Hall–Kier alpha value is -1.96. The van der Waals surface area contributed by atoms with Gasteiger partial charge in [-0.05, 0) is 55.0 Å². The van der Waals surface area contributed by atoms with E-state index in [1.54, 1.807) is 0 Å². The molecule has 0 spiro atoms. The van der Waals surface area contributed by atoms with Gasteiger partial charge in [-0.3, -0.25) is 0 Å². The fourth-order valence-electron chi connectivity index (χ4n) is 2.40. The van der Waals surface area contributed by atoms with Crippen molar-refractivity contribution in [1.29, 1.82) is 0 Å². The van der Waals surface area contributed by atoms with Crippen LogP contribution in [0.3, 0.4) is 0 Å². The topological polar surface area (TPSA) is 21.3 Å². The lowest BCUT2D eigenvalue weighted by molar-refractivity contribution is 0.289. The molecule has 118 valence electrons. The highest BCUT2D eigenvalue weighted by molar-refractivity contribution is 5.56. The van der Waals surface area contributed by atoms with Gasteiger partial charge in [-0.1, -0.05) is 44.2 Å². The molecule has 2 aromatic carbocycles. The summed E-state index contributed by atoms with van der Waals surface area (Å²) in [6.07, 6.45) is 1.09. The Bertz CT molecular complexity index is 567. The van der Waals surface area contributed by atoms with Gasteiger partial charge >= 0.3 is 0 Å². The Labute approximate surface area is 134 Å². The van der Waals surface area contributed by atoms with E-state index in [4.69, 9.17) is 4.74 Å². The van der Waals surface area contributed by atoms with Crippen molar-refractivity contribution in [2.24, 2.45) is 5.92 Å². The second kappa shape index (κ2) is 7.88. The van der Waals surface area contributed by atoms with E-state index in [0.29, 0.717) is 5.92 Å². The van der Waals surface area contributed by atoms with Crippen molar-refractivity contribution >= 4 is 5.69 Å². The summed E-state index contributed by atoms with van der Waals surface area (Å²) in [5, 5.41) is 3.53. The predicted octanol–water partition coefficient (Wildman–Crippen LogP) is 5.34. The summed E-state index contributed by atoms with van der Waals surface area (Å²) in [7, 11) is 0. The van der Waals surface area contributed by atoms with Crippen LogP contribution in [0.25, 0.3) is 0 Å². The maximum atomic E-state index is 5.75. The van der Waals surface area contributed by atoms with Gasteiger partial charge in [0.25, 0.3) is 0 Å². The third-order valence-electron chi connectivity index (χ3n) is 3.84. The Morgan fingerprint density at radius 1 is 0.955 bits per heavy atom. The second-order valence-corrected chi connectivity index (χ2v) is 6.30. The second-order valence-electron chi connectivity index (χ2n) is 6.30. The molecule has 2 rings (SSSR count). The lowest BCUT2D eigenvalue weighted by Crippen LogP contribution is -2.03. The van der Waals surface area contributed by atoms with Gasteiger partial charge in [0.2, 0.25) is 0 Å². The van der Waals surface area contributed by atoms with E-state index in [9.17, 15) is 0 Å². The maximum absolute atomic E-state index is 5.75. The molecule has 0 aliphatic rings. The molecule has 0 unspecified atom stereocenters. The minimum atomic E-state index is 0.681. The van der Waals surface area contributed by atoms with Crippen molar-refractivity contribution in [3.05, 3.63) is 59.2 Å². The first-order chi connectivity index (χ1) is 10.6. The zero-order valence-corrected chi connectivity index (χ0v) is 14.1. The Morgan fingerprint density at radius 3 is 2.18 bits per heavy atom. The molecule has 1 N–H and O–H groups in total. The van der Waals surface area contributed by atoms with Crippen LogP contribution < -0.4 is 10.1 Å². The number of benzene rings is 2. The summed E-state index contributed by atoms with van der Waals surface area (Å²) in [4.78, 5) is 0. The minimum absolute atomic E-state index is 0.681. The summed E-state index contributed by atoms with van der Waals surface area (Å²) in [5.41, 5.74) is 5.07. The zero-order valence-electron chi connectivity index (χ0n) is 14.1. The van der Waals surface area contributed by atoms with E-state index < -0.39 is 0 Å². The van der Waals surface area contributed by atoms with Crippen LogP contribution in [-0.4, -0.2) is 6.61 Å². The lowest BCUT2D eigenvalue weighted by atomic mass is 10.1. The van der Waals surface area contributed by atoms with Crippen LogP contribution in [0.2, 0.25) is 0 Å². The molecule has 2 aromatic rings. The largest absolute Gasteiger partial charge is 0.494 e. The fraction of sp³-hybridized carbons (Fsp3) is 0.400. The number of anilines is 1. The summed E-state index contributed by atoms with van der Waals surface area (Å²) in [5.74, 6) is 1.64. The fourth-order valence-corrected chi connectivity index (χ4v) is 2.40. The number of nitrogens with one attached hydrogen (secondary N) is 1. The first-order valence-corrected chi connectivity index (χ1v) is 8.08. The monoisotopic (exact) mass is 297 g/mol. The number of rotatable bonds is 7. The normalized spacial score (nSPS) is 10.8.